The summed E-state index contributed by atoms with van der Waals surface area (Å²) in [7, 11) is 1.82. The summed E-state index contributed by atoms with van der Waals surface area (Å²) in [6.07, 6.45) is 1.26. The van der Waals surface area contributed by atoms with Crippen LogP contribution in [0.15, 0.2) is 24.3 Å². The number of amides is 1. The van der Waals surface area contributed by atoms with Gasteiger partial charge in [-0.15, -0.1) is 12.4 Å². The molecule has 1 fully saturated rings. The van der Waals surface area contributed by atoms with E-state index in [1.165, 1.54) is 12.1 Å². The number of nitrogens with zero attached hydrogens (tertiary/aromatic N) is 1. The van der Waals surface area contributed by atoms with Crippen LogP contribution in [0.2, 0.25) is 0 Å². The van der Waals surface area contributed by atoms with Crippen molar-refractivity contribution in [2.75, 3.05) is 20.1 Å². The lowest BCUT2D eigenvalue weighted by atomic mass is 10.1. The van der Waals surface area contributed by atoms with Crippen LogP contribution >= 0.6 is 12.4 Å². The van der Waals surface area contributed by atoms with Gasteiger partial charge >= 0.3 is 0 Å². The van der Waals surface area contributed by atoms with Crippen LogP contribution in [0.5, 0.6) is 0 Å². The second-order valence-electron chi connectivity index (χ2n) is 4.46. The summed E-state index contributed by atoms with van der Waals surface area (Å²) in [5.74, 6) is -0.246. The van der Waals surface area contributed by atoms with Crippen LogP contribution in [0.1, 0.15) is 12.0 Å². The Labute approximate surface area is 113 Å². The van der Waals surface area contributed by atoms with Crippen molar-refractivity contribution in [2.24, 2.45) is 0 Å². The molecule has 1 atom stereocenters. The van der Waals surface area contributed by atoms with Crippen molar-refractivity contribution in [2.45, 2.75) is 18.9 Å². The zero-order valence-corrected chi connectivity index (χ0v) is 11.2. The van der Waals surface area contributed by atoms with Gasteiger partial charge in [0.25, 0.3) is 0 Å². The molecule has 0 saturated carbocycles. The molecule has 1 N–H and O–H groups in total. The van der Waals surface area contributed by atoms with E-state index in [9.17, 15) is 9.18 Å². The molecule has 1 amide bonds. The maximum absolute atomic E-state index is 13.0. The molecule has 1 aliphatic heterocycles. The topological polar surface area (TPSA) is 32.3 Å². The molecule has 1 aromatic rings. The molecular weight excluding hydrogens is 255 g/mol. The Hall–Kier alpha value is -1.13. The van der Waals surface area contributed by atoms with E-state index in [1.807, 2.05) is 7.05 Å². The first kappa shape index (κ1) is 14.9. The molecule has 0 radical (unpaired) electrons. The summed E-state index contributed by atoms with van der Waals surface area (Å²) >= 11 is 0. The molecular formula is C13H18ClFN2O. The van der Waals surface area contributed by atoms with Gasteiger partial charge in [0.05, 0.1) is 6.42 Å². The van der Waals surface area contributed by atoms with Crippen LogP contribution in [0, 0.1) is 5.82 Å². The van der Waals surface area contributed by atoms with Gasteiger partial charge in [0, 0.05) is 19.6 Å². The van der Waals surface area contributed by atoms with Gasteiger partial charge in [-0.2, -0.15) is 0 Å². The number of nitrogens with one attached hydrogen (secondary N) is 1. The van der Waals surface area contributed by atoms with E-state index < -0.39 is 0 Å². The third kappa shape index (κ3) is 3.68. The fourth-order valence-corrected chi connectivity index (χ4v) is 2.12. The number of benzene rings is 1. The van der Waals surface area contributed by atoms with Crippen LogP contribution in [-0.4, -0.2) is 37.0 Å². The standard InChI is InChI=1S/C13H17FN2O.ClH/c1-16(12-5-6-15-9-12)13(17)8-10-3-2-4-11(14)7-10;/h2-4,7,12,15H,5-6,8-9H2,1H3;1H. The molecule has 2 rings (SSSR count). The van der Waals surface area contributed by atoms with Crippen LogP contribution in [0.4, 0.5) is 4.39 Å². The summed E-state index contributed by atoms with van der Waals surface area (Å²) in [6, 6.07) is 6.49. The summed E-state index contributed by atoms with van der Waals surface area (Å²) in [6.45, 7) is 1.81. The third-order valence-electron chi connectivity index (χ3n) is 3.22. The van der Waals surface area contributed by atoms with E-state index in [0.29, 0.717) is 0 Å². The molecule has 0 aromatic heterocycles. The third-order valence-corrected chi connectivity index (χ3v) is 3.22. The normalized spacial score (nSPS) is 18.2. The number of hydrogen-bond acceptors (Lipinski definition) is 2. The quantitative estimate of drug-likeness (QED) is 0.907. The van der Waals surface area contributed by atoms with Gasteiger partial charge in [0.2, 0.25) is 5.91 Å². The largest absolute Gasteiger partial charge is 0.341 e. The molecule has 3 nitrogen and oxygen atoms in total. The van der Waals surface area contributed by atoms with E-state index in [4.69, 9.17) is 0 Å². The SMILES string of the molecule is CN(C(=O)Cc1cccc(F)c1)C1CCNC1.Cl. The highest BCUT2D eigenvalue weighted by molar-refractivity contribution is 5.85. The first-order chi connectivity index (χ1) is 8.16. The van der Waals surface area contributed by atoms with Crippen molar-refractivity contribution in [1.29, 1.82) is 0 Å². The van der Waals surface area contributed by atoms with Crippen LogP contribution < -0.4 is 5.32 Å². The fourth-order valence-electron chi connectivity index (χ4n) is 2.12. The van der Waals surface area contributed by atoms with Gasteiger partial charge in [-0.05, 0) is 30.7 Å². The number of halogens is 2. The highest BCUT2D eigenvalue weighted by Crippen LogP contribution is 2.10. The van der Waals surface area contributed by atoms with Crippen LogP contribution in [-0.2, 0) is 11.2 Å². The minimum absolute atomic E-state index is 0. The molecule has 0 spiro atoms. The van der Waals surface area contributed by atoms with Gasteiger partial charge in [-0.3, -0.25) is 4.79 Å². The summed E-state index contributed by atoms with van der Waals surface area (Å²) in [5.41, 5.74) is 0.729. The van der Waals surface area contributed by atoms with Gasteiger partial charge in [-0.25, -0.2) is 4.39 Å². The van der Waals surface area contributed by atoms with E-state index in [0.717, 1.165) is 25.1 Å². The Kier molecular flexibility index (Phi) is 5.56. The summed E-state index contributed by atoms with van der Waals surface area (Å²) < 4.78 is 13.0. The number of rotatable bonds is 3. The Morgan fingerprint density at radius 1 is 1.56 bits per heavy atom. The maximum atomic E-state index is 13.0. The first-order valence-corrected chi connectivity index (χ1v) is 5.87. The number of carbonyl (C=O) groups is 1. The van der Waals surface area contributed by atoms with Crippen molar-refractivity contribution < 1.29 is 9.18 Å². The monoisotopic (exact) mass is 272 g/mol. The van der Waals surface area contributed by atoms with Crippen molar-refractivity contribution in [3.8, 4) is 0 Å². The predicted molar refractivity (Wildman–Crippen MR) is 71.4 cm³/mol. The predicted octanol–water partition coefficient (Wildman–Crippen LogP) is 1.61. The van der Waals surface area contributed by atoms with Crippen molar-refractivity contribution in [3.05, 3.63) is 35.6 Å². The van der Waals surface area contributed by atoms with E-state index in [1.54, 1.807) is 17.0 Å². The Bertz CT molecular complexity index is 408. The molecule has 100 valence electrons. The molecule has 0 bridgehead atoms. The minimum atomic E-state index is -0.291. The highest BCUT2D eigenvalue weighted by atomic mass is 35.5. The average Bonchev–Trinajstić information content (AvgIpc) is 2.81. The second-order valence-corrected chi connectivity index (χ2v) is 4.46. The van der Waals surface area contributed by atoms with Gasteiger partial charge in [0.1, 0.15) is 5.82 Å². The smallest absolute Gasteiger partial charge is 0.227 e. The molecule has 18 heavy (non-hydrogen) atoms. The van der Waals surface area contributed by atoms with E-state index in [2.05, 4.69) is 5.32 Å². The molecule has 1 unspecified atom stereocenters. The average molecular weight is 273 g/mol. The molecule has 1 heterocycles. The molecule has 1 aromatic carbocycles. The number of carbonyl (C=O) groups excluding carboxylic acids is 1. The molecule has 1 saturated heterocycles. The first-order valence-electron chi connectivity index (χ1n) is 5.87. The van der Waals surface area contributed by atoms with Gasteiger partial charge < -0.3 is 10.2 Å². The molecule has 1 aliphatic rings. The fraction of sp³-hybridized carbons (Fsp3) is 0.462. The van der Waals surface area contributed by atoms with Crippen LogP contribution in [0.25, 0.3) is 0 Å². The van der Waals surface area contributed by atoms with Gasteiger partial charge in [0.15, 0.2) is 0 Å². The lowest BCUT2D eigenvalue weighted by molar-refractivity contribution is -0.130. The lowest BCUT2D eigenvalue weighted by Crippen LogP contribution is -2.39. The number of hydrogen-bond donors (Lipinski definition) is 1. The van der Waals surface area contributed by atoms with Crippen LogP contribution in [0.3, 0.4) is 0 Å². The van der Waals surface area contributed by atoms with Crippen molar-refractivity contribution in [1.82, 2.24) is 10.2 Å². The molecule has 5 heteroatoms. The Morgan fingerprint density at radius 3 is 2.94 bits per heavy atom. The highest BCUT2D eigenvalue weighted by Gasteiger charge is 2.22. The van der Waals surface area contributed by atoms with Gasteiger partial charge in [-0.1, -0.05) is 12.1 Å². The van der Waals surface area contributed by atoms with Crippen molar-refractivity contribution >= 4 is 18.3 Å². The summed E-state index contributed by atoms with van der Waals surface area (Å²) in [5, 5.41) is 3.23. The Morgan fingerprint density at radius 2 is 2.33 bits per heavy atom. The van der Waals surface area contributed by atoms with Crippen molar-refractivity contribution in [3.63, 3.8) is 0 Å². The minimum Gasteiger partial charge on any atom is -0.341 e. The van der Waals surface area contributed by atoms with E-state index in [-0.39, 0.29) is 36.6 Å². The van der Waals surface area contributed by atoms with E-state index >= 15 is 0 Å². The Balaban J connectivity index is 0.00000162. The summed E-state index contributed by atoms with van der Waals surface area (Å²) in [4.78, 5) is 13.8. The lowest BCUT2D eigenvalue weighted by Gasteiger charge is -2.23. The molecule has 0 aliphatic carbocycles. The second kappa shape index (κ2) is 6.71. The number of likely N-dealkylation sites (N-methyl/N-ethyl adjacent to an activating group) is 1. The zero-order chi connectivity index (χ0) is 12.3. The maximum Gasteiger partial charge on any atom is 0.227 e. The zero-order valence-electron chi connectivity index (χ0n) is 10.4.